The molecule has 0 saturated carbocycles. The van der Waals surface area contributed by atoms with Crippen molar-refractivity contribution in [2.75, 3.05) is 11.6 Å². The van der Waals surface area contributed by atoms with Crippen molar-refractivity contribution in [2.45, 2.75) is 18.4 Å². The maximum absolute atomic E-state index is 12.6. The van der Waals surface area contributed by atoms with Crippen LogP contribution in [0.2, 0.25) is 0 Å². The van der Waals surface area contributed by atoms with E-state index in [4.69, 9.17) is 0 Å². The Morgan fingerprint density at radius 3 is 2.10 bits per heavy atom. The van der Waals surface area contributed by atoms with E-state index < -0.39 is 15.7 Å². The average molecular weight is 423 g/mol. The molecule has 3 rings (SSSR count). The van der Waals surface area contributed by atoms with Crippen LogP contribution in [0.3, 0.4) is 0 Å². The van der Waals surface area contributed by atoms with Crippen LogP contribution < -0.4 is 10.6 Å². The summed E-state index contributed by atoms with van der Waals surface area (Å²) in [6.45, 7) is 2.37. The predicted octanol–water partition coefficient (Wildman–Crippen LogP) is 3.58. The van der Waals surface area contributed by atoms with Gasteiger partial charge in [-0.15, -0.1) is 0 Å². The van der Waals surface area contributed by atoms with Gasteiger partial charge in [0, 0.05) is 18.4 Å². The van der Waals surface area contributed by atoms with E-state index in [1.54, 1.807) is 24.3 Å². The van der Waals surface area contributed by atoms with Crippen LogP contribution in [-0.4, -0.2) is 26.5 Å². The normalized spacial score (nSPS) is 11.0. The lowest BCUT2D eigenvalue weighted by Gasteiger charge is -2.12. The van der Waals surface area contributed by atoms with Crippen LogP contribution in [0.25, 0.3) is 0 Å². The number of amides is 2. The molecule has 0 atom stereocenters. The number of anilines is 1. The Balaban J connectivity index is 1.72. The number of hydrogen-bond donors (Lipinski definition) is 2. The molecule has 0 aliphatic heterocycles. The van der Waals surface area contributed by atoms with Gasteiger partial charge in [0.1, 0.15) is 0 Å². The molecule has 0 fully saturated rings. The van der Waals surface area contributed by atoms with Gasteiger partial charge in [-0.1, -0.05) is 42.0 Å². The Bertz CT molecular complexity index is 1170. The molecule has 2 N–H and O–H groups in total. The number of carbonyl (C=O) groups excluding carboxylic acids is 2. The van der Waals surface area contributed by atoms with Crippen molar-refractivity contribution in [1.82, 2.24) is 5.32 Å². The molecular formula is C23H22N2O4S. The molecule has 30 heavy (non-hydrogen) atoms. The highest BCUT2D eigenvalue weighted by molar-refractivity contribution is 7.90. The van der Waals surface area contributed by atoms with Gasteiger partial charge in [-0.05, 0) is 48.9 Å². The molecule has 0 aromatic heterocycles. The molecule has 154 valence electrons. The molecule has 0 heterocycles. The highest BCUT2D eigenvalue weighted by Gasteiger charge is 2.15. The van der Waals surface area contributed by atoms with Gasteiger partial charge in [-0.25, -0.2) is 8.42 Å². The molecule has 3 aromatic carbocycles. The van der Waals surface area contributed by atoms with Crippen LogP contribution in [0.4, 0.5) is 5.69 Å². The zero-order valence-corrected chi connectivity index (χ0v) is 17.5. The fourth-order valence-electron chi connectivity index (χ4n) is 2.82. The summed E-state index contributed by atoms with van der Waals surface area (Å²) in [7, 11) is -3.34. The summed E-state index contributed by atoms with van der Waals surface area (Å²) in [4.78, 5) is 25.4. The van der Waals surface area contributed by atoms with E-state index in [-0.39, 0.29) is 16.4 Å². The Hall–Kier alpha value is -3.45. The quantitative estimate of drug-likeness (QED) is 0.635. The van der Waals surface area contributed by atoms with Gasteiger partial charge in [-0.3, -0.25) is 9.59 Å². The zero-order valence-electron chi connectivity index (χ0n) is 16.7. The first-order valence-electron chi connectivity index (χ1n) is 9.28. The first-order chi connectivity index (χ1) is 14.2. The molecule has 3 aromatic rings. The largest absolute Gasteiger partial charge is 0.348 e. The van der Waals surface area contributed by atoms with E-state index in [2.05, 4.69) is 10.6 Å². The van der Waals surface area contributed by atoms with Gasteiger partial charge in [-0.2, -0.15) is 0 Å². The summed E-state index contributed by atoms with van der Waals surface area (Å²) < 4.78 is 23.1. The van der Waals surface area contributed by atoms with E-state index in [1.807, 2.05) is 31.2 Å². The van der Waals surface area contributed by atoms with E-state index in [1.165, 1.54) is 24.3 Å². The summed E-state index contributed by atoms with van der Waals surface area (Å²) in [5.41, 5.74) is 3.11. The van der Waals surface area contributed by atoms with E-state index in [0.29, 0.717) is 17.8 Å². The summed E-state index contributed by atoms with van der Waals surface area (Å²) in [5.74, 6) is -0.743. The summed E-state index contributed by atoms with van der Waals surface area (Å²) in [5, 5.41) is 5.58. The second-order valence-corrected chi connectivity index (χ2v) is 8.98. The highest BCUT2D eigenvalue weighted by Crippen LogP contribution is 2.18. The fourth-order valence-corrected chi connectivity index (χ4v) is 3.45. The average Bonchev–Trinajstić information content (AvgIpc) is 2.73. The first kappa shape index (κ1) is 21.3. The molecule has 0 spiro atoms. The first-order valence-corrected chi connectivity index (χ1v) is 11.2. The molecule has 6 nitrogen and oxygen atoms in total. The van der Waals surface area contributed by atoms with E-state index >= 15 is 0 Å². The number of para-hydroxylation sites is 1. The third kappa shape index (κ3) is 5.33. The van der Waals surface area contributed by atoms with Crippen LogP contribution in [0.1, 0.15) is 31.8 Å². The van der Waals surface area contributed by atoms with Gasteiger partial charge in [0.25, 0.3) is 11.8 Å². The number of benzene rings is 3. The highest BCUT2D eigenvalue weighted by atomic mass is 32.2. The number of aryl methyl sites for hydroxylation is 1. The molecule has 0 radical (unpaired) electrons. The molecule has 0 bridgehead atoms. The zero-order chi connectivity index (χ0) is 21.7. The number of hydrogen-bond acceptors (Lipinski definition) is 4. The topological polar surface area (TPSA) is 92.3 Å². The minimum Gasteiger partial charge on any atom is -0.348 e. The molecule has 0 unspecified atom stereocenters. The summed E-state index contributed by atoms with van der Waals surface area (Å²) in [6, 6.07) is 20.2. The number of carbonyl (C=O) groups is 2. The Labute approximate surface area is 175 Å². The Morgan fingerprint density at radius 1 is 0.833 bits per heavy atom. The van der Waals surface area contributed by atoms with Gasteiger partial charge >= 0.3 is 0 Å². The lowest BCUT2D eigenvalue weighted by molar-refractivity contribution is 0.0951. The maximum Gasteiger partial charge on any atom is 0.255 e. The minimum atomic E-state index is -3.34. The summed E-state index contributed by atoms with van der Waals surface area (Å²) in [6.07, 6.45) is 1.10. The van der Waals surface area contributed by atoms with Gasteiger partial charge in [0.2, 0.25) is 0 Å². The minimum absolute atomic E-state index is 0.134. The fraction of sp³-hybridized carbons (Fsp3) is 0.130. The van der Waals surface area contributed by atoms with Crippen molar-refractivity contribution in [3.05, 3.63) is 95.1 Å². The molecule has 7 heteroatoms. The van der Waals surface area contributed by atoms with Crippen molar-refractivity contribution in [2.24, 2.45) is 0 Å². The Kier molecular flexibility index (Phi) is 6.32. The van der Waals surface area contributed by atoms with Gasteiger partial charge in [0.15, 0.2) is 9.84 Å². The van der Waals surface area contributed by atoms with Gasteiger partial charge < -0.3 is 10.6 Å². The second-order valence-electron chi connectivity index (χ2n) is 6.96. The third-order valence-electron chi connectivity index (χ3n) is 4.54. The second kappa shape index (κ2) is 8.92. The van der Waals surface area contributed by atoms with Crippen LogP contribution in [0.15, 0.2) is 77.7 Å². The van der Waals surface area contributed by atoms with Crippen LogP contribution in [0, 0.1) is 6.92 Å². The van der Waals surface area contributed by atoms with Crippen molar-refractivity contribution < 1.29 is 18.0 Å². The standard InChI is InChI=1S/C23H22N2O4S/c1-16-7-9-17(10-8-16)15-24-23(27)20-5-3-4-6-21(20)25-22(26)18-11-13-19(14-12-18)30(2,28)29/h3-14H,15H2,1-2H3,(H,24,27)(H,25,26). The van der Waals surface area contributed by atoms with E-state index in [9.17, 15) is 18.0 Å². The van der Waals surface area contributed by atoms with E-state index in [0.717, 1.165) is 17.4 Å². The van der Waals surface area contributed by atoms with Crippen molar-refractivity contribution in [3.8, 4) is 0 Å². The maximum atomic E-state index is 12.6. The van der Waals surface area contributed by atoms with Crippen LogP contribution >= 0.6 is 0 Å². The molecule has 0 aliphatic carbocycles. The third-order valence-corrected chi connectivity index (χ3v) is 5.67. The van der Waals surface area contributed by atoms with Crippen molar-refractivity contribution >= 4 is 27.3 Å². The number of rotatable bonds is 6. The van der Waals surface area contributed by atoms with Gasteiger partial charge in [0.05, 0.1) is 16.1 Å². The monoisotopic (exact) mass is 422 g/mol. The molecule has 2 amide bonds. The molecule has 0 saturated heterocycles. The van der Waals surface area contributed by atoms with Crippen LogP contribution in [0.5, 0.6) is 0 Å². The molecule has 0 aliphatic rings. The van der Waals surface area contributed by atoms with Crippen molar-refractivity contribution in [1.29, 1.82) is 0 Å². The smallest absolute Gasteiger partial charge is 0.255 e. The lowest BCUT2D eigenvalue weighted by atomic mass is 10.1. The molecular weight excluding hydrogens is 400 g/mol. The SMILES string of the molecule is Cc1ccc(CNC(=O)c2ccccc2NC(=O)c2ccc(S(C)(=O)=O)cc2)cc1. The Morgan fingerprint density at radius 2 is 1.47 bits per heavy atom. The number of sulfone groups is 1. The number of nitrogens with one attached hydrogen (secondary N) is 2. The summed E-state index contributed by atoms with van der Waals surface area (Å²) >= 11 is 0. The lowest BCUT2D eigenvalue weighted by Crippen LogP contribution is -2.24. The van der Waals surface area contributed by atoms with Crippen molar-refractivity contribution in [3.63, 3.8) is 0 Å². The predicted molar refractivity (Wildman–Crippen MR) is 116 cm³/mol. The van der Waals surface area contributed by atoms with Crippen LogP contribution in [-0.2, 0) is 16.4 Å².